The predicted molar refractivity (Wildman–Crippen MR) is 76.4 cm³/mol. The number of nitrogens with zero attached hydrogens (tertiary/aromatic N) is 1. The first kappa shape index (κ1) is 14.9. The molecule has 1 aliphatic heterocycles. The standard InChI is InChI=1S/C15H24N2O3/c1-11-9-17(10-13(11)14(18)19)15(20)16-8-7-12-5-3-2-4-6-12/h5,11,13H,2-4,6-10H2,1H3,(H,16,20)(H,18,19). The maximum atomic E-state index is 12.0. The second-order valence-electron chi connectivity index (χ2n) is 5.92. The zero-order valence-corrected chi connectivity index (χ0v) is 12.1. The van der Waals surface area contributed by atoms with Crippen molar-refractivity contribution in [3.8, 4) is 0 Å². The van der Waals surface area contributed by atoms with Crippen LogP contribution in [0.1, 0.15) is 39.0 Å². The number of carboxylic acid groups (broad SMARTS) is 1. The number of hydrogen-bond acceptors (Lipinski definition) is 2. The zero-order valence-electron chi connectivity index (χ0n) is 12.1. The molecule has 1 saturated heterocycles. The van der Waals surface area contributed by atoms with Crippen molar-refractivity contribution in [1.82, 2.24) is 10.2 Å². The lowest BCUT2D eigenvalue weighted by atomic mass is 9.97. The summed E-state index contributed by atoms with van der Waals surface area (Å²) < 4.78 is 0. The Bertz CT molecular complexity index is 406. The molecule has 1 heterocycles. The summed E-state index contributed by atoms with van der Waals surface area (Å²) in [6.45, 7) is 3.39. The number of carbonyl (C=O) groups excluding carboxylic acids is 1. The maximum absolute atomic E-state index is 12.0. The lowest BCUT2D eigenvalue weighted by molar-refractivity contribution is -0.142. The van der Waals surface area contributed by atoms with Crippen LogP contribution in [0, 0.1) is 11.8 Å². The van der Waals surface area contributed by atoms with Gasteiger partial charge in [0.15, 0.2) is 0 Å². The quantitative estimate of drug-likeness (QED) is 0.776. The fourth-order valence-electron chi connectivity index (χ4n) is 3.03. The molecule has 2 N–H and O–H groups in total. The van der Waals surface area contributed by atoms with Crippen LogP contribution >= 0.6 is 0 Å². The third-order valence-corrected chi connectivity index (χ3v) is 4.32. The summed E-state index contributed by atoms with van der Waals surface area (Å²) in [6, 6.07) is -0.128. The van der Waals surface area contributed by atoms with E-state index in [0.29, 0.717) is 19.6 Å². The van der Waals surface area contributed by atoms with Crippen molar-refractivity contribution in [3.63, 3.8) is 0 Å². The third-order valence-electron chi connectivity index (χ3n) is 4.32. The number of carbonyl (C=O) groups is 2. The van der Waals surface area contributed by atoms with E-state index in [-0.39, 0.29) is 11.9 Å². The van der Waals surface area contributed by atoms with E-state index in [1.807, 2.05) is 6.92 Å². The summed E-state index contributed by atoms with van der Waals surface area (Å²) >= 11 is 0. The SMILES string of the molecule is CC1CN(C(=O)NCCC2=CCCCC2)CC1C(=O)O. The van der Waals surface area contributed by atoms with Crippen molar-refractivity contribution in [1.29, 1.82) is 0 Å². The van der Waals surface area contributed by atoms with Crippen molar-refractivity contribution in [2.24, 2.45) is 11.8 Å². The molecule has 2 unspecified atom stereocenters. The fourth-order valence-corrected chi connectivity index (χ4v) is 3.03. The van der Waals surface area contributed by atoms with Crippen molar-refractivity contribution in [2.45, 2.75) is 39.0 Å². The number of aliphatic carboxylic acids is 1. The van der Waals surface area contributed by atoms with Crippen molar-refractivity contribution < 1.29 is 14.7 Å². The maximum Gasteiger partial charge on any atom is 0.317 e. The number of nitrogens with one attached hydrogen (secondary N) is 1. The van der Waals surface area contributed by atoms with Crippen molar-refractivity contribution in [3.05, 3.63) is 11.6 Å². The molecule has 0 aromatic carbocycles. The number of likely N-dealkylation sites (tertiary alicyclic amines) is 1. The number of amides is 2. The summed E-state index contributed by atoms with van der Waals surface area (Å²) in [6.07, 6.45) is 8.04. The van der Waals surface area contributed by atoms with Crippen LogP contribution in [0.3, 0.4) is 0 Å². The molecule has 2 rings (SSSR count). The topological polar surface area (TPSA) is 69.6 Å². The lowest BCUT2D eigenvalue weighted by Crippen LogP contribution is -2.39. The van der Waals surface area contributed by atoms with E-state index in [1.165, 1.54) is 18.4 Å². The van der Waals surface area contributed by atoms with E-state index in [4.69, 9.17) is 5.11 Å². The molecular weight excluding hydrogens is 256 g/mol. The first-order valence-electron chi connectivity index (χ1n) is 7.51. The summed E-state index contributed by atoms with van der Waals surface area (Å²) in [5, 5.41) is 12.0. The smallest absolute Gasteiger partial charge is 0.317 e. The van der Waals surface area contributed by atoms with Crippen molar-refractivity contribution in [2.75, 3.05) is 19.6 Å². The number of allylic oxidation sites excluding steroid dienone is 1. The molecule has 5 heteroatoms. The Morgan fingerprint density at radius 3 is 2.80 bits per heavy atom. The molecule has 2 aliphatic rings. The van der Waals surface area contributed by atoms with Crippen molar-refractivity contribution >= 4 is 12.0 Å². The zero-order chi connectivity index (χ0) is 14.5. The Balaban J connectivity index is 1.72. The van der Waals surface area contributed by atoms with E-state index in [1.54, 1.807) is 4.90 Å². The average molecular weight is 280 g/mol. The molecule has 2 amide bonds. The van der Waals surface area contributed by atoms with Crippen LogP contribution in [-0.4, -0.2) is 41.6 Å². The molecule has 112 valence electrons. The summed E-state index contributed by atoms with van der Waals surface area (Å²) in [7, 11) is 0. The predicted octanol–water partition coefficient (Wildman–Crippen LogP) is 2.24. The molecule has 0 radical (unpaired) electrons. The summed E-state index contributed by atoms with van der Waals surface area (Å²) in [4.78, 5) is 24.7. The lowest BCUT2D eigenvalue weighted by Gasteiger charge is -2.18. The number of rotatable bonds is 4. The Morgan fingerprint density at radius 2 is 2.20 bits per heavy atom. The first-order valence-corrected chi connectivity index (χ1v) is 7.51. The van der Waals surface area contributed by atoms with Crippen LogP contribution in [0.15, 0.2) is 11.6 Å². The highest BCUT2D eigenvalue weighted by molar-refractivity contribution is 5.77. The average Bonchev–Trinajstić information content (AvgIpc) is 2.82. The van der Waals surface area contributed by atoms with Crippen LogP contribution in [0.5, 0.6) is 0 Å². The van der Waals surface area contributed by atoms with E-state index >= 15 is 0 Å². The Labute approximate surface area is 120 Å². The molecule has 5 nitrogen and oxygen atoms in total. The minimum atomic E-state index is -0.805. The highest BCUT2D eigenvalue weighted by atomic mass is 16.4. The molecular formula is C15H24N2O3. The summed E-state index contributed by atoms with van der Waals surface area (Å²) in [5.74, 6) is -1.21. The van der Waals surface area contributed by atoms with Crippen LogP contribution in [-0.2, 0) is 4.79 Å². The van der Waals surface area contributed by atoms with Gasteiger partial charge in [0.2, 0.25) is 0 Å². The molecule has 2 atom stereocenters. The van der Waals surface area contributed by atoms with Gasteiger partial charge in [-0.2, -0.15) is 0 Å². The Kier molecular flexibility index (Phi) is 5.04. The fraction of sp³-hybridized carbons (Fsp3) is 0.733. The molecule has 1 aliphatic carbocycles. The van der Waals surface area contributed by atoms with Gasteiger partial charge in [-0.05, 0) is 38.0 Å². The Morgan fingerprint density at radius 1 is 1.40 bits per heavy atom. The van der Waals surface area contributed by atoms with Gasteiger partial charge in [0.25, 0.3) is 0 Å². The first-order chi connectivity index (χ1) is 9.58. The molecule has 1 fully saturated rings. The molecule has 0 saturated carbocycles. The molecule has 0 bridgehead atoms. The van der Waals surface area contributed by atoms with Gasteiger partial charge in [-0.15, -0.1) is 0 Å². The molecule has 0 aromatic heterocycles. The van der Waals surface area contributed by atoms with Gasteiger partial charge in [0, 0.05) is 19.6 Å². The van der Waals surface area contributed by atoms with Gasteiger partial charge in [-0.25, -0.2) is 4.79 Å². The van der Waals surface area contributed by atoms with Crippen LogP contribution in [0.25, 0.3) is 0 Å². The van der Waals surface area contributed by atoms with Crippen LogP contribution < -0.4 is 5.32 Å². The summed E-state index contributed by atoms with van der Waals surface area (Å²) in [5.41, 5.74) is 1.44. The third kappa shape index (κ3) is 3.74. The Hall–Kier alpha value is -1.52. The van der Waals surface area contributed by atoms with E-state index in [2.05, 4.69) is 11.4 Å². The molecule has 0 spiro atoms. The van der Waals surface area contributed by atoms with E-state index < -0.39 is 11.9 Å². The van der Waals surface area contributed by atoms with Crippen LogP contribution in [0.4, 0.5) is 4.79 Å². The van der Waals surface area contributed by atoms with E-state index in [0.717, 1.165) is 19.3 Å². The van der Waals surface area contributed by atoms with Gasteiger partial charge in [0.1, 0.15) is 0 Å². The number of urea groups is 1. The highest BCUT2D eigenvalue weighted by Crippen LogP contribution is 2.23. The number of carboxylic acids is 1. The molecule has 20 heavy (non-hydrogen) atoms. The minimum Gasteiger partial charge on any atom is -0.481 e. The minimum absolute atomic E-state index is 0.0271. The second kappa shape index (κ2) is 6.77. The molecule has 0 aromatic rings. The number of hydrogen-bond donors (Lipinski definition) is 2. The van der Waals surface area contributed by atoms with Gasteiger partial charge >= 0.3 is 12.0 Å². The largest absolute Gasteiger partial charge is 0.481 e. The highest BCUT2D eigenvalue weighted by Gasteiger charge is 2.36. The second-order valence-corrected chi connectivity index (χ2v) is 5.92. The van der Waals surface area contributed by atoms with Gasteiger partial charge in [0.05, 0.1) is 5.92 Å². The van der Waals surface area contributed by atoms with Gasteiger partial charge in [-0.3, -0.25) is 4.79 Å². The monoisotopic (exact) mass is 280 g/mol. The van der Waals surface area contributed by atoms with E-state index in [9.17, 15) is 9.59 Å². The van der Waals surface area contributed by atoms with Gasteiger partial charge in [-0.1, -0.05) is 18.6 Å². The van der Waals surface area contributed by atoms with Crippen LogP contribution in [0.2, 0.25) is 0 Å². The van der Waals surface area contributed by atoms with Gasteiger partial charge < -0.3 is 15.3 Å². The normalized spacial score (nSPS) is 26.2.